The van der Waals surface area contributed by atoms with Crippen molar-refractivity contribution in [2.75, 3.05) is 29.0 Å². The highest BCUT2D eigenvalue weighted by Gasteiger charge is 2.28. The van der Waals surface area contributed by atoms with Crippen molar-refractivity contribution in [3.63, 3.8) is 0 Å². The Morgan fingerprint density at radius 2 is 2.00 bits per heavy atom. The van der Waals surface area contributed by atoms with Crippen LogP contribution in [0.25, 0.3) is 11.3 Å². The molecule has 12 heteroatoms. The summed E-state index contributed by atoms with van der Waals surface area (Å²) in [7, 11) is 0. The topological polar surface area (TPSA) is 140 Å². The summed E-state index contributed by atoms with van der Waals surface area (Å²) in [5.74, 6) is -4.50. The van der Waals surface area contributed by atoms with Crippen LogP contribution in [-0.4, -0.2) is 52.3 Å². The molecule has 0 radical (unpaired) electrons. The van der Waals surface area contributed by atoms with Gasteiger partial charge in [0, 0.05) is 31.4 Å². The van der Waals surface area contributed by atoms with Crippen LogP contribution in [0.4, 0.5) is 30.2 Å². The summed E-state index contributed by atoms with van der Waals surface area (Å²) in [6, 6.07) is 3.98. The zero-order valence-electron chi connectivity index (χ0n) is 20.2. The molecule has 196 valence electrons. The Balaban J connectivity index is 1.69. The number of hydrogen-bond donors (Lipinski definition) is 4. The molecule has 0 aliphatic carbocycles. The highest BCUT2D eigenvalue weighted by atomic mass is 19.1. The fraction of sp³-hybridized carbons (Fsp3) is 0.320. The molecule has 3 heterocycles. The minimum atomic E-state index is -1.16. The number of amides is 1. The maximum absolute atomic E-state index is 15.1. The number of nitrogen functional groups attached to an aromatic ring is 1. The van der Waals surface area contributed by atoms with Crippen LogP contribution in [0.2, 0.25) is 0 Å². The van der Waals surface area contributed by atoms with E-state index in [0.717, 1.165) is 18.2 Å². The van der Waals surface area contributed by atoms with Crippen LogP contribution in [0.15, 0.2) is 36.7 Å². The molecular weight excluding hydrogens is 489 g/mol. The highest BCUT2D eigenvalue weighted by Crippen LogP contribution is 2.34. The maximum Gasteiger partial charge on any atom is 0.276 e. The van der Waals surface area contributed by atoms with E-state index in [0.29, 0.717) is 25.2 Å². The average molecular weight is 517 g/mol. The molecule has 1 aliphatic heterocycles. The van der Waals surface area contributed by atoms with E-state index in [1.165, 1.54) is 12.4 Å². The molecule has 1 aromatic carbocycles. The van der Waals surface area contributed by atoms with Gasteiger partial charge in [-0.15, -0.1) is 0 Å². The zero-order valence-corrected chi connectivity index (χ0v) is 20.2. The van der Waals surface area contributed by atoms with Crippen LogP contribution in [-0.2, 0) is 0 Å². The van der Waals surface area contributed by atoms with Crippen molar-refractivity contribution in [1.29, 1.82) is 0 Å². The molecule has 0 unspecified atom stereocenters. The van der Waals surface area contributed by atoms with E-state index < -0.39 is 58.6 Å². The molecule has 2 aromatic heterocycles. The number of pyridine rings is 2. The van der Waals surface area contributed by atoms with Crippen molar-refractivity contribution in [2.24, 2.45) is 5.73 Å². The SMILES string of the molecule is CC(C)Oc1ccc(F)c(-c2nc(C(=O)Nc3cnccc3N3CC[C@@H](O)[C@H](N)C3)c(N)cc2F)c1F. The quantitative estimate of drug-likeness (QED) is 0.392. The number of halogens is 3. The minimum absolute atomic E-state index is 0.285. The third-order valence-corrected chi connectivity index (χ3v) is 5.88. The van der Waals surface area contributed by atoms with E-state index in [4.69, 9.17) is 16.2 Å². The zero-order chi connectivity index (χ0) is 26.9. The van der Waals surface area contributed by atoms with Gasteiger partial charge in [0.15, 0.2) is 23.1 Å². The molecule has 4 rings (SSSR count). The highest BCUT2D eigenvalue weighted by molar-refractivity contribution is 6.08. The van der Waals surface area contributed by atoms with Gasteiger partial charge in [-0.05, 0) is 38.5 Å². The first-order valence-corrected chi connectivity index (χ1v) is 11.6. The lowest BCUT2D eigenvalue weighted by Crippen LogP contribution is -2.51. The number of anilines is 3. The molecule has 1 saturated heterocycles. The van der Waals surface area contributed by atoms with Crippen LogP contribution in [0.1, 0.15) is 30.8 Å². The fourth-order valence-electron chi connectivity index (χ4n) is 4.08. The van der Waals surface area contributed by atoms with E-state index in [9.17, 15) is 18.7 Å². The van der Waals surface area contributed by atoms with Gasteiger partial charge < -0.3 is 31.5 Å². The molecule has 2 atom stereocenters. The summed E-state index contributed by atoms with van der Waals surface area (Å²) in [6.07, 6.45) is 2.30. The van der Waals surface area contributed by atoms with Gasteiger partial charge in [0.25, 0.3) is 5.91 Å². The number of nitrogens with zero attached hydrogens (tertiary/aromatic N) is 3. The lowest BCUT2D eigenvalue weighted by Gasteiger charge is -2.36. The second kappa shape index (κ2) is 10.6. The molecule has 1 fully saturated rings. The van der Waals surface area contributed by atoms with E-state index in [1.54, 1.807) is 19.9 Å². The summed E-state index contributed by atoms with van der Waals surface area (Å²) in [6.45, 7) is 4.12. The Bertz CT molecular complexity index is 1320. The summed E-state index contributed by atoms with van der Waals surface area (Å²) < 4.78 is 49.9. The standard InChI is InChI=1S/C25H27F3N6O3/c1-12(2)37-20-4-3-13(26)21(22(20)28)23-14(27)9-15(29)24(33-23)25(36)32-17-10-31-7-5-18(17)34-8-6-19(35)16(30)11-34/h3-5,7,9-10,12,16,19,35H,6,8,11,29-30H2,1-2H3,(H,32,36)/t16-,19-/m1/s1. The molecule has 1 amide bonds. The number of piperidine rings is 1. The normalized spacial score (nSPS) is 17.7. The Morgan fingerprint density at radius 1 is 1.24 bits per heavy atom. The smallest absolute Gasteiger partial charge is 0.276 e. The molecule has 0 spiro atoms. The monoisotopic (exact) mass is 516 g/mol. The number of benzene rings is 1. The van der Waals surface area contributed by atoms with E-state index in [2.05, 4.69) is 15.3 Å². The minimum Gasteiger partial charge on any atom is -0.488 e. The third kappa shape index (κ3) is 5.44. The number of nitrogens with two attached hydrogens (primary N) is 2. The predicted octanol–water partition coefficient (Wildman–Crippen LogP) is 3.08. The van der Waals surface area contributed by atoms with Gasteiger partial charge in [0.2, 0.25) is 0 Å². The van der Waals surface area contributed by atoms with Gasteiger partial charge in [-0.3, -0.25) is 9.78 Å². The summed E-state index contributed by atoms with van der Waals surface area (Å²) in [5.41, 5.74) is 10.4. The first-order valence-electron chi connectivity index (χ1n) is 11.6. The summed E-state index contributed by atoms with van der Waals surface area (Å²) in [5, 5.41) is 12.6. The van der Waals surface area contributed by atoms with Gasteiger partial charge in [0.05, 0.1) is 41.0 Å². The summed E-state index contributed by atoms with van der Waals surface area (Å²) in [4.78, 5) is 23.0. The molecule has 3 aromatic rings. The number of carbonyl (C=O) groups is 1. The molecule has 0 saturated carbocycles. The van der Waals surface area contributed by atoms with Gasteiger partial charge in [-0.25, -0.2) is 18.2 Å². The number of hydrogen-bond acceptors (Lipinski definition) is 8. The number of rotatable bonds is 6. The molecule has 0 bridgehead atoms. The maximum atomic E-state index is 15.1. The van der Waals surface area contributed by atoms with Crippen LogP contribution in [0.3, 0.4) is 0 Å². The number of nitrogens with one attached hydrogen (secondary N) is 1. The van der Waals surface area contributed by atoms with Crippen molar-refractivity contribution < 1.29 is 27.8 Å². The van der Waals surface area contributed by atoms with Crippen LogP contribution in [0.5, 0.6) is 5.75 Å². The predicted molar refractivity (Wildman–Crippen MR) is 133 cm³/mol. The number of aliphatic hydroxyl groups is 1. The van der Waals surface area contributed by atoms with Gasteiger partial charge in [-0.1, -0.05) is 0 Å². The largest absolute Gasteiger partial charge is 0.488 e. The van der Waals surface area contributed by atoms with E-state index in [-0.39, 0.29) is 17.1 Å². The second-order valence-corrected chi connectivity index (χ2v) is 8.97. The third-order valence-electron chi connectivity index (χ3n) is 5.88. The lowest BCUT2D eigenvalue weighted by molar-refractivity contribution is 0.102. The van der Waals surface area contributed by atoms with E-state index in [1.807, 2.05) is 4.90 Å². The first kappa shape index (κ1) is 26.2. The van der Waals surface area contributed by atoms with Crippen LogP contribution >= 0.6 is 0 Å². The molecule has 37 heavy (non-hydrogen) atoms. The van der Waals surface area contributed by atoms with E-state index >= 15 is 4.39 Å². The number of aliphatic hydroxyl groups excluding tert-OH is 1. The Hall–Kier alpha value is -3.90. The van der Waals surface area contributed by atoms with Crippen molar-refractivity contribution in [3.8, 4) is 17.0 Å². The Labute approximate surface area is 211 Å². The van der Waals surface area contributed by atoms with Crippen LogP contribution in [0, 0.1) is 17.5 Å². The molecule has 6 N–H and O–H groups in total. The van der Waals surface area contributed by atoms with Crippen LogP contribution < -0.4 is 26.4 Å². The van der Waals surface area contributed by atoms with Gasteiger partial charge in [-0.2, -0.15) is 0 Å². The summed E-state index contributed by atoms with van der Waals surface area (Å²) >= 11 is 0. The van der Waals surface area contributed by atoms with Crippen molar-refractivity contribution >= 4 is 23.0 Å². The van der Waals surface area contributed by atoms with Crippen molar-refractivity contribution in [3.05, 3.63) is 59.8 Å². The fourth-order valence-corrected chi connectivity index (χ4v) is 4.08. The molecule has 1 aliphatic rings. The average Bonchev–Trinajstić information content (AvgIpc) is 2.84. The second-order valence-electron chi connectivity index (χ2n) is 8.97. The van der Waals surface area contributed by atoms with Gasteiger partial charge in [0.1, 0.15) is 11.5 Å². The van der Waals surface area contributed by atoms with Crippen molar-refractivity contribution in [2.45, 2.75) is 38.5 Å². The number of ether oxygens (including phenoxy) is 1. The lowest BCUT2D eigenvalue weighted by atomic mass is 10.0. The van der Waals surface area contributed by atoms with Crippen molar-refractivity contribution in [1.82, 2.24) is 9.97 Å². The number of carbonyl (C=O) groups excluding carboxylic acids is 1. The first-order chi connectivity index (χ1) is 17.6. The molecular formula is C25H27F3N6O3. The number of aromatic nitrogens is 2. The Kier molecular flexibility index (Phi) is 7.50. The Morgan fingerprint density at radius 3 is 2.70 bits per heavy atom. The van der Waals surface area contributed by atoms with Gasteiger partial charge >= 0.3 is 0 Å². The molecule has 9 nitrogen and oxygen atoms in total.